The highest BCUT2D eigenvalue weighted by atomic mass is 79.9. The molecule has 0 atom stereocenters. The number of hydrogen-bond acceptors (Lipinski definition) is 5. The molecule has 1 aliphatic rings. The summed E-state index contributed by atoms with van der Waals surface area (Å²) in [5, 5.41) is 7.53. The van der Waals surface area contributed by atoms with Crippen LogP contribution in [0.4, 0.5) is 11.5 Å². The molecule has 0 aliphatic carbocycles. The van der Waals surface area contributed by atoms with Crippen LogP contribution in [-0.2, 0) is 4.79 Å². The first kappa shape index (κ1) is 18.8. The first-order valence-corrected chi connectivity index (χ1v) is 10.2. The Morgan fingerprint density at radius 3 is 2.68 bits per heavy atom. The van der Waals surface area contributed by atoms with E-state index in [9.17, 15) is 4.79 Å². The summed E-state index contributed by atoms with van der Waals surface area (Å²) >= 11 is 3.52. The van der Waals surface area contributed by atoms with E-state index in [0.717, 1.165) is 52.8 Å². The van der Waals surface area contributed by atoms with Crippen molar-refractivity contribution < 1.29 is 4.79 Å². The highest BCUT2D eigenvalue weighted by Crippen LogP contribution is 2.25. The number of halogens is 1. The largest absolute Gasteiger partial charge is 0.367 e. The molecular formula is C21H22BrN5O. The summed E-state index contributed by atoms with van der Waals surface area (Å²) < 4.78 is 1.01. The monoisotopic (exact) mass is 439 g/mol. The fourth-order valence-corrected chi connectivity index (χ4v) is 3.86. The molecule has 0 unspecified atom stereocenters. The smallest absolute Gasteiger partial charge is 0.238 e. The Morgan fingerprint density at radius 2 is 1.89 bits per heavy atom. The van der Waals surface area contributed by atoms with Crippen molar-refractivity contribution in [2.75, 3.05) is 30.3 Å². The number of nitrogens with one attached hydrogen (secondary N) is 2. The zero-order chi connectivity index (χ0) is 19.3. The average molecular weight is 440 g/mol. The Bertz CT molecular complexity index is 957. The fraction of sp³-hybridized carbons (Fsp3) is 0.286. The zero-order valence-corrected chi connectivity index (χ0v) is 17.0. The van der Waals surface area contributed by atoms with E-state index < -0.39 is 0 Å². The standard InChI is InChI=1S/C21H22BrN5O/c22-15-6-7-19-18(12-15)21(24-14-23-19)26-17-8-10-27(11-9-17)13-20(28)25-16-4-2-1-3-5-16/h1-7,12,14,17H,8-11,13H2,(H,25,28)(H,23,24,26). The number of piperidine rings is 1. The van der Waals surface area contributed by atoms with Crippen LogP contribution in [0.1, 0.15) is 12.8 Å². The lowest BCUT2D eigenvalue weighted by atomic mass is 10.0. The molecule has 2 aromatic carbocycles. The SMILES string of the molecule is O=C(CN1CCC(Nc2ncnc3ccc(Br)cc23)CC1)Nc1ccccc1. The van der Waals surface area contributed by atoms with Gasteiger partial charge in [0.15, 0.2) is 0 Å². The molecule has 0 saturated carbocycles. The highest BCUT2D eigenvalue weighted by Gasteiger charge is 2.21. The van der Waals surface area contributed by atoms with Crippen molar-refractivity contribution in [2.45, 2.75) is 18.9 Å². The number of aromatic nitrogens is 2. The predicted octanol–water partition coefficient (Wildman–Crippen LogP) is 3.91. The van der Waals surface area contributed by atoms with Gasteiger partial charge in [-0.15, -0.1) is 0 Å². The number of benzene rings is 2. The molecule has 4 rings (SSSR count). The van der Waals surface area contributed by atoms with Crippen molar-refractivity contribution in [1.82, 2.24) is 14.9 Å². The van der Waals surface area contributed by atoms with Gasteiger partial charge in [0.25, 0.3) is 0 Å². The second kappa shape index (κ2) is 8.67. The minimum Gasteiger partial charge on any atom is -0.367 e. The number of para-hydroxylation sites is 1. The van der Waals surface area contributed by atoms with Crippen LogP contribution in [0.5, 0.6) is 0 Å². The molecule has 2 heterocycles. The van der Waals surface area contributed by atoms with Gasteiger partial charge in [-0.1, -0.05) is 34.1 Å². The Balaban J connectivity index is 1.31. The van der Waals surface area contributed by atoms with Crippen LogP contribution < -0.4 is 10.6 Å². The lowest BCUT2D eigenvalue weighted by Crippen LogP contribution is -2.42. The summed E-state index contributed by atoms with van der Waals surface area (Å²) in [5.41, 5.74) is 1.77. The second-order valence-corrected chi connectivity index (χ2v) is 7.91. The van der Waals surface area contributed by atoms with E-state index in [1.54, 1.807) is 6.33 Å². The van der Waals surface area contributed by atoms with Gasteiger partial charge in [-0.2, -0.15) is 0 Å². The molecule has 1 fully saturated rings. The molecule has 144 valence electrons. The molecule has 1 aliphatic heterocycles. The molecule has 0 radical (unpaired) electrons. The van der Waals surface area contributed by atoms with Crippen LogP contribution in [0, 0.1) is 0 Å². The van der Waals surface area contributed by atoms with Gasteiger partial charge in [0.2, 0.25) is 5.91 Å². The molecule has 1 aromatic heterocycles. The summed E-state index contributed by atoms with van der Waals surface area (Å²) in [7, 11) is 0. The van der Waals surface area contributed by atoms with Crippen molar-refractivity contribution in [3.8, 4) is 0 Å². The van der Waals surface area contributed by atoms with Crippen LogP contribution in [-0.4, -0.2) is 46.5 Å². The molecule has 7 heteroatoms. The van der Waals surface area contributed by atoms with Gasteiger partial charge in [0, 0.05) is 34.7 Å². The number of fused-ring (bicyclic) bond motifs is 1. The molecule has 28 heavy (non-hydrogen) atoms. The average Bonchev–Trinajstić information content (AvgIpc) is 2.70. The number of hydrogen-bond donors (Lipinski definition) is 2. The van der Waals surface area contributed by atoms with Gasteiger partial charge in [-0.25, -0.2) is 9.97 Å². The van der Waals surface area contributed by atoms with Crippen molar-refractivity contribution >= 4 is 44.2 Å². The number of nitrogens with zero attached hydrogens (tertiary/aromatic N) is 3. The number of amides is 1. The minimum absolute atomic E-state index is 0.0317. The Hall–Kier alpha value is -2.51. The molecule has 1 saturated heterocycles. The van der Waals surface area contributed by atoms with Crippen LogP contribution in [0.15, 0.2) is 59.3 Å². The fourth-order valence-electron chi connectivity index (χ4n) is 3.50. The topological polar surface area (TPSA) is 70.2 Å². The molecular weight excluding hydrogens is 418 g/mol. The summed E-state index contributed by atoms with van der Waals surface area (Å²) in [6.45, 7) is 2.18. The third-order valence-corrected chi connectivity index (χ3v) is 5.44. The van der Waals surface area contributed by atoms with Crippen molar-refractivity contribution in [3.05, 3.63) is 59.3 Å². The molecule has 6 nitrogen and oxygen atoms in total. The maximum atomic E-state index is 12.2. The van der Waals surface area contributed by atoms with Crippen molar-refractivity contribution in [1.29, 1.82) is 0 Å². The third kappa shape index (κ3) is 4.66. The summed E-state index contributed by atoms with van der Waals surface area (Å²) in [4.78, 5) is 23.2. The van der Waals surface area contributed by atoms with Crippen molar-refractivity contribution in [2.24, 2.45) is 0 Å². The van der Waals surface area contributed by atoms with Gasteiger partial charge >= 0.3 is 0 Å². The minimum atomic E-state index is 0.0317. The first-order valence-electron chi connectivity index (χ1n) is 9.41. The zero-order valence-electron chi connectivity index (χ0n) is 15.4. The van der Waals surface area contributed by atoms with E-state index in [2.05, 4.69) is 41.4 Å². The summed E-state index contributed by atoms with van der Waals surface area (Å²) in [6.07, 6.45) is 3.54. The normalized spacial score (nSPS) is 15.5. The van der Waals surface area contributed by atoms with Crippen molar-refractivity contribution in [3.63, 3.8) is 0 Å². The van der Waals surface area contributed by atoms with Gasteiger partial charge < -0.3 is 10.6 Å². The van der Waals surface area contributed by atoms with E-state index in [4.69, 9.17) is 0 Å². The van der Waals surface area contributed by atoms with Gasteiger partial charge in [0.1, 0.15) is 12.1 Å². The van der Waals surface area contributed by atoms with Gasteiger partial charge in [-0.05, 0) is 43.2 Å². The second-order valence-electron chi connectivity index (χ2n) is 6.99. The maximum absolute atomic E-state index is 12.2. The van der Waals surface area contributed by atoms with Gasteiger partial charge in [0.05, 0.1) is 12.1 Å². The molecule has 2 N–H and O–H groups in total. The molecule has 0 bridgehead atoms. The number of rotatable bonds is 5. The van der Waals surface area contributed by atoms with E-state index in [1.165, 1.54) is 0 Å². The van der Waals surface area contributed by atoms with Crippen LogP contribution >= 0.6 is 15.9 Å². The number of likely N-dealkylation sites (tertiary alicyclic amines) is 1. The molecule has 0 spiro atoms. The van der Waals surface area contributed by atoms with Crippen LogP contribution in [0.3, 0.4) is 0 Å². The molecule has 1 amide bonds. The number of carbonyl (C=O) groups excluding carboxylic acids is 1. The lowest BCUT2D eigenvalue weighted by molar-refractivity contribution is -0.117. The van der Waals surface area contributed by atoms with Crippen LogP contribution in [0.2, 0.25) is 0 Å². The lowest BCUT2D eigenvalue weighted by Gasteiger charge is -2.32. The van der Waals surface area contributed by atoms with E-state index in [1.807, 2.05) is 48.5 Å². The first-order chi connectivity index (χ1) is 13.7. The third-order valence-electron chi connectivity index (χ3n) is 4.95. The van der Waals surface area contributed by atoms with Crippen LogP contribution in [0.25, 0.3) is 10.9 Å². The quantitative estimate of drug-likeness (QED) is 0.630. The summed E-state index contributed by atoms with van der Waals surface area (Å²) in [6, 6.07) is 15.9. The van der Waals surface area contributed by atoms with E-state index in [0.29, 0.717) is 12.6 Å². The Morgan fingerprint density at radius 1 is 1.11 bits per heavy atom. The Labute approximate surface area is 172 Å². The van der Waals surface area contributed by atoms with E-state index >= 15 is 0 Å². The van der Waals surface area contributed by atoms with Gasteiger partial charge in [-0.3, -0.25) is 9.69 Å². The maximum Gasteiger partial charge on any atom is 0.238 e. The molecule has 3 aromatic rings. The summed E-state index contributed by atoms with van der Waals surface area (Å²) in [5.74, 6) is 0.899. The highest BCUT2D eigenvalue weighted by molar-refractivity contribution is 9.10. The predicted molar refractivity (Wildman–Crippen MR) is 115 cm³/mol. The Kier molecular flexibility index (Phi) is 5.83. The number of anilines is 2. The van der Waals surface area contributed by atoms with E-state index in [-0.39, 0.29) is 5.91 Å². The number of carbonyl (C=O) groups is 1.